The highest BCUT2D eigenvalue weighted by molar-refractivity contribution is 7.92. The first-order valence-corrected chi connectivity index (χ1v) is 16.0. The van der Waals surface area contributed by atoms with Gasteiger partial charge in [0.15, 0.2) is 0 Å². The van der Waals surface area contributed by atoms with Crippen molar-refractivity contribution in [1.29, 1.82) is 0 Å². The van der Waals surface area contributed by atoms with Gasteiger partial charge < -0.3 is 15.0 Å². The summed E-state index contributed by atoms with van der Waals surface area (Å²) in [6, 6.07) is 26.1. The molecule has 230 valence electrons. The van der Waals surface area contributed by atoms with Gasteiger partial charge in [-0.2, -0.15) is 0 Å². The number of likely N-dealkylation sites (N-methyl/N-ethyl adjacent to an activating group) is 1. The second-order valence-corrected chi connectivity index (χ2v) is 12.8. The Hall–Kier alpha value is -4.05. The molecule has 0 aromatic heterocycles. The maximum atomic E-state index is 14.4. The largest absolute Gasteiger partial charge is 0.495 e. The molecule has 0 aliphatic rings. The molecule has 0 radical (unpaired) electrons. The summed E-state index contributed by atoms with van der Waals surface area (Å²) < 4.78 is 34.9. The van der Waals surface area contributed by atoms with Gasteiger partial charge in [-0.25, -0.2) is 8.42 Å². The van der Waals surface area contributed by atoms with Crippen LogP contribution in [0.25, 0.3) is 0 Å². The van der Waals surface area contributed by atoms with E-state index in [0.717, 1.165) is 15.4 Å². The van der Waals surface area contributed by atoms with Crippen LogP contribution in [0.4, 0.5) is 5.69 Å². The van der Waals surface area contributed by atoms with Crippen molar-refractivity contribution < 1.29 is 22.7 Å². The summed E-state index contributed by atoms with van der Waals surface area (Å²) in [7, 11) is -1.41. The average molecular weight is 655 g/mol. The van der Waals surface area contributed by atoms with Crippen LogP contribution in [0.2, 0.25) is 10.0 Å². The number of nitrogens with one attached hydrogen (secondary N) is 1. The zero-order valence-corrected chi connectivity index (χ0v) is 26.9. The monoisotopic (exact) mass is 653 g/mol. The molecule has 0 aliphatic heterocycles. The lowest BCUT2D eigenvalue weighted by molar-refractivity contribution is -0.139. The third-order valence-corrected chi connectivity index (χ3v) is 9.34. The summed E-state index contributed by atoms with van der Waals surface area (Å²) in [5.41, 5.74) is 2.49. The van der Waals surface area contributed by atoms with Crippen molar-refractivity contribution in [3.8, 4) is 5.75 Å². The highest BCUT2D eigenvalue weighted by Crippen LogP contribution is 2.35. The summed E-state index contributed by atoms with van der Waals surface area (Å²) in [5, 5.41) is 3.43. The molecule has 0 bridgehead atoms. The van der Waals surface area contributed by atoms with Crippen molar-refractivity contribution in [2.24, 2.45) is 0 Å². The fraction of sp³-hybridized carbons (Fsp3) is 0.212. The van der Waals surface area contributed by atoms with E-state index >= 15 is 0 Å². The van der Waals surface area contributed by atoms with Crippen molar-refractivity contribution in [1.82, 2.24) is 10.2 Å². The van der Waals surface area contributed by atoms with Crippen molar-refractivity contribution in [3.63, 3.8) is 0 Å². The maximum absolute atomic E-state index is 14.4. The summed E-state index contributed by atoms with van der Waals surface area (Å²) in [6.45, 7) is 1.23. The van der Waals surface area contributed by atoms with Gasteiger partial charge in [0.05, 0.1) is 17.7 Å². The predicted octanol–water partition coefficient (Wildman–Crippen LogP) is 5.89. The van der Waals surface area contributed by atoms with Crippen molar-refractivity contribution in [2.75, 3.05) is 25.0 Å². The second-order valence-electron chi connectivity index (χ2n) is 10.1. The number of anilines is 1. The summed E-state index contributed by atoms with van der Waals surface area (Å²) in [6.07, 6.45) is 0.199. The zero-order chi connectivity index (χ0) is 31.9. The minimum absolute atomic E-state index is 0.0192. The van der Waals surface area contributed by atoms with Crippen LogP contribution in [-0.2, 0) is 32.6 Å². The number of hydrogen-bond acceptors (Lipinski definition) is 5. The van der Waals surface area contributed by atoms with E-state index in [9.17, 15) is 18.0 Å². The Morgan fingerprint density at radius 2 is 1.50 bits per heavy atom. The SMILES string of the molecule is CNC(=O)[C@H](Cc1ccccc1)N(Cc1ccc(Cl)cc1)C(=O)CN(c1cc(Cl)ccc1OC)S(=O)(=O)c1ccc(C)cc1. The Labute approximate surface area is 268 Å². The first-order valence-electron chi connectivity index (χ1n) is 13.8. The lowest BCUT2D eigenvalue weighted by Gasteiger charge is -2.34. The van der Waals surface area contributed by atoms with Crippen LogP contribution in [-0.4, -0.2) is 51.9 Å². The number of methoxy groups -OCH3 is 1. The maximum Gasteiger partial charge on any atom is 0.264 e. The third kappa shape index (κ3) is 7.91. The minimum atomic E-state index is -4.31. The molecule has 4 aromatic rings. The van der Waals surface area contributed by atoms with Gasteiger partial charge in [-0.05, 0) is 60.5 Å². The molecule has 4 rings (SSSR count). The molecule has 4 aromatic carbocycles. The summed E-state index contributed by atoms with van der Waals surface area (Å²) >= 11 is 12.4. The van der Waals surface area contributed by atoms with Gasteiger partial charge in [0, 0.05) is 30.1 Å². The van der Waals surface area contributed by atoms with E-state index in [1.807, 2.05) is 37.3 Å². The van der Waals surface area contributed by atoms with E-state index in [1.165, 1.54) is 43.3 Å². The molecular weight excluding hydrogens is 621 g/mol. The number of rotatable bonds is 12. The van der Waals surface area contributed by atoms with Crippen molar-refractivity contribution >= 4 is 50.7 Å². The fourth-order valence-corrected chi connectivity index (χ4v) is 6.42. The van der Waals surface area contributed by atoms with E-state index in [0.29, 0.717) is 10.6 Å². The Morgan fingerprint density at radius 1 is 0.864 bits per heavy atom. The van der Waals surface area contributed by atoms with Crippen molar-refractivity contribution in [2.45, 2.75) is 30.8 Å². The molecule has 0 spiro atoms. The van der Waals surface area contributed by atoms with E-state index in [-0.39, 0.29) is 34.3 Å². The second kappa shape index (κ2) is 14.6. The van der Waals surface area contributed by atoms with Gasteiger partial charge >= 0.3 is 0 Å². The number of benzene rings is 4. The van der Waals surface area contributed by atoms with Gasteiger partial charge in [-0.1, -0.05) is 83.4 Å². The molecule has 1 atom stereocenters. The predicted molar refractivity (Wildman–Crippen MR) is 174 cm³/mol. The summed E-state index contributed by atoms with van der Waals surface area (Å²) in [5.74, 6) is -0.805. The number of halogens is 2. The molecule has 8 nitrogen and oxygen atoms in total. The third-order valence-electron chi connectivity index (χ3n) is 7.08. The van der Waals surface area contributed by atoms with E-state index in [1.54, 1.807) is 42.5 Å². The van der Waals surface area contributed by atoms with Crippen LogP contribution in [0.1, 0.15) is 16.7 Å². The Morgan fingerprint density at radius 3 is 2.11 bits per heavy atom. The lowest BCUT2D eigenvalue weighted by Crippen LogP contribution is -2.53. The molecule has 0 saturated heterocycles. The van der Waals surface area contributed by atoms with Gasteiger partial charge in [0.2, 0.25) is 11.8 Å². The lowest BCUT2D eigenvalue weighted by atomic mass is 10.0. The molecule has 11 heteroatoms. The standard InChI is InChI=1S/C33H33Cl2N3O5S/c1-23-9-16-28(17-10-23)44(41,42)38(29-20-27(35)15-18-31(29)43-3)22-32(39)37(21-25-11-13-26(34)14-12-25)30(33(40)36-2)19-24-7-5-4-6-8-24/h4-18,20,30H,19,21-22H2,1-3H3,(H,36,40)/t30-/m0/s1. The van der Waals surface area contributed by atoms with Crippen LogP contribution >= 0.6 is 23.2 Å². The number of aryl methyl sites for hydroxylation is 1. The van der Waals surface area contributed by atoms with E-state index < -0.39 is 34.4 Å². The average Bonchev–Trinajstić information content (AvgIpc) is 3.02. The molecule has 0 unspecified atom stereocenters. The number of carbonyl (C=O) groups excluding carboxylic acids is 2. The van der Waals surface area contributed by atoms with E-state index in [4.69, 9.17) is 27.9 Å². The smallest absolute Gasteiger partial charge is 0.264 e. The van der Waals surface area contributed by atoms with Crippen LogP contribution < -0.4 is 14.4 Å². The van der Waals surface area contributed by atoms with Gasteiger partial charge in [0.25, 0.3) is 10.0 Å². The van der Waals surface area contributed by atoms with Gasteiger partial charge in [-0.3, -0.25) is 13.9 Å². The first-order chi connectivity index (χ1) is 21.0. The number of amides is 2. The molecule has 2 amide bonds. The summed E-state index contributed by atoms with van der Waals surface area (Å²) in [4.78, 5) is 29.1. The highest BCUT2D eigenvalue weighted by atomic mass is 35.5. The quantitative estimate of drug-likeness (QED) is 0.206. The first kappa shape index (κ1) is 32.9. The molecule has 0 aliphatic carbocycles. The van der Waals surface area contributed by atoms with E-state index in [2.05, 4.69) is 5.32 Å². The fourth-order valence-electron chi connectivity index (χ4n) is 4.72. The molecule has 0 fully saturated rings. The van der Waals surface area contributed by atoms with Crippen molar-refractivity contribution in [3.05, 3.63) is 124 Å². The minimum Gasteiger partial charge on any atom is -0.495 e. The zero-order valence-electron chi connectivity index (χ0n) is 24.5. The van der Waals surface area contributed by atoms with Crippen LogP contribution in [0.5, 0.6) is 5.75 Å². The normalized spacial score (nSPS) is 11.8. The molecule has 44 heavy (non-hydrogen) atoms. The van der Waals surface area contributed by atoms with Crippen LogP contribution in [0.15, 0.2) is 102 Å². The Bertz CT molecular complexity index is 1700. The number of sulfonamides is 1. The number of hydrogen-bond donors (Lipinski definition) is 1. The molecule has 0 heterocycles. The Balaban J connectivity index is 1.83. The number of ether oxygens (including phenoxy) is 1. The number of nitrogens with zero attached hydrogens (tertiary/aromatic N) is 2. The Kier molecular flexibility index (Phi) is 10.9. The van der Waals surface area contributed by atoms with Gasteiger partial charge in [-0.15, -0.1) is 0 Å². The number of carbonyl (C=O) groups is 2. The van der Waals surface area contributed by atoms with Gasteiger partial charge in [0.1, 0.15) is 18.3 Å². The molecular formula is C33H33Cl2N3O5S. The van der Waals surface area contributed by atoms with Crippen LogP contribution in [0, 0.1) is 6.92 Å². The molecule has 0 saturated carbocycles. The van der Waals surface area contributed by atoms with Crippen LogP contribution in [0.3, 0.4) is 0 Å². The highest BCUT2D eigenvalue weighted by Gasteiger charge is 2.35. The topological polar surface area (TPSA) is 96.0 Å². The molecule has 1 N–H and O–H groups in total.